The topological polar surface area (TPSA) is 55.8 Å². The minimum Gasteiger partial charge on any atom is -0.373 e. The van der Waals surface area contributed by atoms with Gasteiger partial charge in [-0.3, -0.25) is 4.79 Å². The van der Waals surface area contributed by atoms with E-state index in [1.807, 2.05) is 13.8 Å². The number of unbranched alkanes of at least 4 members (excludes halogenated alkanes) is 13. The average molecular weight is 558 g/mol. The molecule has 0 radical (unpaired) electrons. The van der Waals surface area contributed by atoms with Crippen molar-refractivity contribution in [1.29, 1.82) is 0 Å². The molecule has 226 valence electrons. The summed E-state index contributed by atoms with van der Waals surface area (Å²) in [6.45, 7) is 14.0. The number of aldehydes is 1. The smallest absolute Gasteiger partial charge is 0.235 e. The molecule has 0 saturated heterocycles. The molecule has 0 spiro atoms. The van der Waals surface area contributed by atoms with Gasteiger partial charge in [0.15, 0.2) is 0 Å². The molecule has 0 aromatic rings. The Labute approximate surface area is 240 Å². The third-order valence-electron chi connectivity index (χ3n) is 7.36. The standard InChI is InChI=1S/C32H63NO4S/c1-8-10-11-12-13-14-15-16-17-18-19-20-21-22-27-38-29(23-25-34)30(35)33(7)24-26-36-32(5,6)28-37-31(3,4)9-2/h25,29H,8-24,26-28H2,1-7H3. The van der Waals surface area contributed by atoms with E-state index in [2.05, 4.69) is 27.7 Å². The summed E-state index contributed by atoms with van der Waals surface area (Å²) in [4.78, 5) is 25.8. The van der Waals surface area contributed by atoms with E-state index < -0.39 is 5.60 Å². The van der Waals surface area contributed by atoms with Crippen LogP contribution in [0, 0.1) is 0 Å². The third-order valence-corrected chi connectivity index (χ3v) is 8.68. The number of hydrogen-bond donors (Lipinski definition) is 0. The van der Waals surface area contributed by atoms with Gasteiger partial charge in [0.05, 0.1) is 29.7 Å². The van der Waals surface area contributed by atoms with Crippen LogP contribution in [0.4, 0.5) is 0 Å². The van der Waals surface area contributed by atoms with Crippen LogP contribution in [0.5, 0.6) is 0 Å². The number of ether oxygens (including phenoxy) is 2. The van der Waals surface area contributed by atoms with Crippen molar-refractivity contribution in [1.82, 2.24) is 4.90 Å². The molecular formula is C32H63NO4S. The fraction of sp³-hybridized carbons (Fsp3) is 0.938. The van der Waals surface area contributed by atoms with Gasteiger partial charge in [-0.05, 0) is 46.3 Å². The second-order valence-corrected chi connectivity index (χ2v) is 13.4. The zero-order chi connectivity index (χ0) is 28.7. The lowest BCUT2D eigenvalue weighted by Gasteiger charge is -2.32. The Morgan fingerprint density at radius 1 is 0.789 bits per heavy atom. The quantitative estimate of drug-likeness (QED) is 0.0747. The van der Waals surface area contributed by atoms with Gasteiger partial charge in [-0.2, -0.15) is 0 Å². The summed E-state index contributed by atoms with van der Waals surface area (Å²) in [5, 5.41) is -0.291. The molecule has 0 aliphatic rings. The summed E-state index contributed by atoms with van der Waals surface area (Å²) in [7, 11) is 1.81. The third kappa shape index (κ3) is 21.3. The second-order valence-electron chi connectivity index (χ2n) is 12.1. The highest BCUT2D eigenvalue weighted by Gasteiger charge is 2.26. The molecule has 0 rings (SSSR count). The lowest BCUT2D eigenvalue weighted by Crippen LogP contribution is -2.40. The fourth-order valence-electron chi connectivity index (χ4n) is 4.18. The minimum absolute atomic E-state index is 0.0252. The van der Waals surface area contributed by atoms with Crippen molar-refractivity contribution in [3.8, 4) is 0 Å². The second kappa shape index (κ2) is 23.1. The number of nitrogens with zero attached hydrogens (tertiary/aromatic N) is 1. The summed E-state index contributed by atoms with van der Waals surface area (Å²) in [6.07, 6.45) is 20.9. The van der Waals surface area contributed by atoms with E-state index in [0.29, 0.717) is 19.8 Å². The number of carbonyl (C=O) groups excluding carboxylic acids is 2. The van der Waals surface area contributed by atoms with Crippen molar-refractivity contribution < 1.29 is 19.1 Å². The molecule has 6 heteroatoms. The maximum Gasteiger partial charge on any atom is 0.235 e. The summed E-state index contributed by atoms with van der Waals surface area (Å²) in [6, 6.07) is 0. The number of amides is 1. The highest BCUT2D eigenvalue weighted by Crippen LogP contribution is 2.21. The van der Waals surface area contributed by atoms with E-state index in [1.54, 1.807) is 23.7 Å². The van der Waals surface area contributed by atoms with Crippen LogP contribution in [0.15, 0.2) is 0 Å². The predicted octanol–water partition coefficient (Wildman–Crippen LogP) is 8.62. The Morgan fingerprint density at radius 3 is 1.76 bits per heavy atom. The van der Waals surface area contributed by atoms with Crippen LogP contribution in [0.1, 0.15) is 144 Å². The SMILES string of the molecule is CCCCCCCCCCCCCCCCSC(CC=O)C(=O)N(C)CCOC(C)(C)COC(C)(C)CC. The van der Waals surface area contributed by atoms with Gasteiger partial charge in [0.25, 0.3) is 0 Å². The monoisotopic (exact) mass is 557 g/mol. The molecular weight excluding hydrogens is 494 g/mol. The zero-order valence-corrected chi connectivity index (χ0v) is 27.1. The number of hydrogen-bond acceptors (Lipinski definition) is 5. The fourth-order valence-corrected chi connectivity index (χ4v) is 5.37. The van der Waals surface area contributed by atoms with E-state index in [-0.39, 0.29) is 23.2 Å². The van der Waals surface area contributed by atoms with Gasteiger partial charge in [0.1, 0.15) is 6.29 Å². The molecule has 0 saturated carbocycles. The molecule has 0 aromatic carbocycles. The Balaban J connectivity index is 3.98. The Hall–Kier alpha value is -0.590. The van der Waals surface area contributed by atoms with Crippen molar-refractivity contribution in [2.24, 2.45) is 0 Å². The van der Waals surface area contributed by atoms with Gasteiger partial charge in [-0.1, -0.05) is 97.3 Å². The van der Waals surface area contributed by atoms with Crippen LogP contribution in [-0.4, -0.2) is 66.1 Å². The number of carbonyl (C=O) groups is 2. The van der Waals surface area contributed by atoms with E-state index in [4.69, 9.17) is 9.47 Å². The largest absolute Gasteiger partial charge is 0.373 e. The van der Waals surface area contributed by atoms with Gasteiger partial charge in [0.2, 0.25) is 5.91 Å². The first-order valence-corrected chi connectivity index (χ1v) is 16.7. The maximum atomic E-state index is 12.9. The first-order chi connectivity index (χ1) is 18.1. The molecule has 0 aromatic heterocycles. The summed E-state index contributed by atoms with van der Waals surface area (Å²) >= 11 is 1.64. The molecule has 0 aliphatic carbocycles. The predicted molar refractivity (Wildman–Crippen MR) is 165 cm³/mol. The maximum absolute atomic E-state index is 12.9. The van der Waals surface area contributed by atoms with Crippen molar-refractivity contribution in [3.05, 3.63) is 0 Å². The molecule has 0 bridgehead atoms. The average Bonchev–Trinajstić information content (AvgIpc) is 2.88. The molecule has 0 aliphatic heterocycles. The van der Waals surface area contributed by atoms with Crippen molar-refractivity contribution in [2.75, 3.05) is 32.6 Å². The minimum atomic E-state index is -0.416. The Bertz CT molecular complexity index is 582. The van der Waals surface area contributed by atoms with E-state index >= 15 is 0 Å². The molecule has 1 atom stereocenters. The molecule has 5 nitrogen and oxygen atoms in total. The molecule has 0 fully saturated rings. The molecule has 1 unspecified atom stereocenters. The van der Waals surface area contributed by atoms with E-state index in [9.17, 15) is 9.59 Å². The highest BCUT2D eigenvalue weighted by atomic mass is 32.2. The van der Waals surface area contributed by atoms with Gasteiger partial charge in [-0.25, -0.2) is 0 Å². The normalized spacial score (nSPS) is 13.0. The molecule has 38 heavy (non-hydrogen) atoms. The van der Waals surface area contributed by atoms with Gasteiger partial charge in [0, 0.05) is 20.0 Å². The molecule has 0 heterocycles. The van der Waals surface area contributed by atoms with Gasteiger partial charge >= 0.3 is 0 Å². The summed E-state index contributed by atoms with van der Waals surface area (Å²) in [5.74, 6) is 0.960. The summed E-state index contributed by atoms with van der Waals surface area (Å²) in [5.41, 5.74) is -0.583. The number of likely N-dealkylation sites (N-methyl/N-ethyl adjacent to an activating group) is 1. The van der Waals surface area contributed by atoms with Gasteiger partial charge in [-0.15, -0.1) is 11.8 Å². The first-order valence-electron chi connectivity index (χ1n) is 15.7. The van der Waals surface area contributed by atoms with E-state index in [1.165, 1.54) is 83.5 Å². The van der Waals surface area contributed by atoms with Crippen LogP contribution < -0.4 is 0 Å². The van der Waals surface area contributed by atoms with Gasteiger partial charge < -0.3 is 19.2 Å². The van der Waals surface area contributed by atoms with Crippen molar-refractivity contribution in [2.45, 2.75) is 161 Å². The van der Waals surface area contributed by atoms with Crippen LogP contribution in [0.2, 0.25) is 0 Å². The van der Waals surface area contributed by atoms with E-state index in [0.717, 1.165) is 24.9 Å². The Kier molecular flexibility index (Phi) is 22.8. The Morgan fingerprint density at radius 2 is 1.29 bits per heavy atom. The summed E-state index contributed by atoms with van der Waals surface area (Å²) < 4.78 is 12.0. The number of rotatable bonds is 27. The highest BCUT2D eigenvalue weighted by molar-refractivity contribution is 8.00. The van der Waals surface area contributed by atoms with Crippen LogP contribution >= 0.6 is 11.8 Å². The molecule has 0 N–H and O–H groups in total. The van der Waals surface area contributed by atoms with Crippen LogP contribution in [-0.2, 0) is 19.1 Å². The number of thioether (sulfide) groups is 1. The zero-order valence-electron chi connectivity index (χ0n) is 26.3. The first kappa shape index (κ1) is 37.4. The molecule has 1 amide bonds. The lowest BCUT2D eigenvalue weighted by molar-refractivity contribution is -0.136. The lowest BCUT2D eigenvalue weighted by atomic mass is 10.0. The van der Waals surface area contributed by atoms with Crippen LogP contribution in [0.3, 0.4) is 0 Å². The van der Waals surface area contributed by atoms with Crippen molar-refractivity contribution >= 4 is 24.0 Å². The van der Waals surface area contributed by atoms with Crippen molar-refractivity contribution in [3.63, 3.8) is 0 Å². The van der Waals surface area contributed by atoms with Crippen LogP contribution in [0.25, 0.3) is 0 Å².